The van der Waals surface area contributed by atoms with Crippen molar-refractivity contribution in [1.82, 2.24) is 0 Å². The highest BCUT2D eigenvalue weighted by Gasteiger charge is 2.42. The molecular formula is C10H5Cl2F3N2O. The number of benzene rings is 1. The first-order chi connectivity index (χ1) is 8.27. The summed E-state index contributed by atoms with van der Waals surface area (Å²) in [6.45, 7) is 0. The zero-order chi connectivity index (χ0) is 13.5. The number of nitrogens with zero attached hydrogens (tertiary/aromatic N) is 2. The lowest BCUT2D eigenvalue weighted by Gasteiger charge is -2.12. The zero-order valence-electron chi connectivity index (χ0n) is 8.63. The van der Waals surface area contributed by atoms with Gasteiger partial charge in [0.2, 0.25) is 0 Å². The van der Waals surface area contributed by atoms with Crippen LogP contribution in [-0.4, -0.2) is 17.8 Å². The van der Waals surface area contributed by atoms with Crippen LogP contribution in [0.4, 0.5) is 18.9 Å². The molecule has 0 saturated carbocycles. The summed E-state index contributed by atoms with van der Waals surface area (Å²) < 4.78 is 37.3. The molecule has 1 aliphatic rings. The lowest BCUT2D eigenvalue weighted by molar-refractivity contribution is -0.117. The predicted molar refractivity (Wildman–Crippen MR) is 62.1 cm³/mol. The van der Waals surface area contributed by atoms with E-state index in [0.717, 1.165) is 0 Å². The molecule has 1 amide bonds. The van der Waals surface area contributed by atoms with Crippen LogP contribution in [0.1, 0.15) is 6.42 Å². The van der Waals surface area contributed by atoms with E-state index in [0.29, 0.717) is 5.01 Å². The fraction of sp³-hybridized carbons (Fsp3) is 0.200. The summed E-state index contributed by atoms with van der Waals surface area (Å²) in [5.41, 5.74) is -1.03. The standard InChI is InChI=1S/C10H5Cl2F3N2O/c11-5-1-6(12)3-7(2-5)17-9(18)4-8(16-17)10(13,14)15/h1-3H,4H2. The molecule has 18 heavy (non-hydrogen) atoms. The number of rotatable bonds is 1. The average Bonchev–Trinajstić information content (AvgIpc) is 2.58. The van der Waals surface area contributed by atoms with E-state index < -0.39 is 24.2 Å². The van der Waals surface area contributed by atoms with E-state index in [4.69, 9.17) is 23.2 Å². The molecule has 1 heterocycles. The third kappa shape index (κ3) is 2.59. The fourth-order valence-electron chi connectivity index (χ4n) is 1.45. The maximum atomic E-state index is 12.4. The Morgan fingerprint density at radius 1 is 1.17 bits per heavy atom. The molecule has 1 aromatic carbocycles. The Hall–Kier alpha value is -1.27. The summed E-state index contributed by atoms with van der Waals surface area (Å²) >= 11 is 11.4. The average molecular weight is 297 g/mol. The number of alkyl halides is 3. The highest BCUT2D eigenvalue weighted by Crippen LogP contribution is 2.31. The minimum Gasteiger partial charge on any atom is -0.272 e. The van der Waals surface area contributed by atoms with E-state index in [9.17, 15) is 18.0 Å². The third-order valence-corrected chi connectivity index (χ3v) is 2.63. The van der Waals surface area contributed by atoms with Crippen LogP contribution in [0.2, 0.25) is 10.0 Å². The number of anilines is 1. The molecule has 1 aromatic rings. The molecule has 0 radical (unpaired) electrons. The van der Waals surface area contributed by atoms with Crippen molar-refractivity contribution in [2.24, 2.45) is 5.10 Å². The summed E-state index contributed by atoms with van der Waals surface area (Å²) in [4.78, 5) is 11.5. The number of hydrazone groups is 1. The summed E-state index contributed by atoms with van der Waals surface area (Å²) in [5, 5.41) is 4.32. The normalized spacial score (nSPS) is 16.2. The van der Waals surface area contributed by atoms with Crippen molar-refractivity contribution in [3.8, 4) is 0 Å². The van der Waals surface area contributed by atoms with Crippen LogP contribution in [0, 0.1) is 0 Å². The number of hydrogen-bond acceptors (Lipinski definition) is 2. The lowest BCUT2D eigenvalue weighted by atomic mass is 10.2. The second-order valence-corrected chi connectivity index (χ2v) is 4.43. The number of halogens is 5. The Morgan fingerprint density at radius 3 is 2.17 bits per heavy atom. The molecule has 2 rings (SSSR count). The predicted octanol–water partition coefficient (Wildman–Crippen LogP) is 3.65. The number of carbonyl (C=O) groups is 1. The first kappa shape index (κ1) is 13.2. The maximum absolute atomic E-state index is 12.4. The third-order valence-electron chi connectivity index (χ3n) is 2.19. The SMILES string of the molecule is O=C1CC(C(F)(F)F)=NN1c1cc(Cl)cc(Cl)c1. The lowest BCUT2D eigenvalue weighted by Crippen LogP contribution is -2.22. The topological polar surface area (TPSA) is 32.7 Å². The van der Waals surface area contributed by atoms with Crippen LogP contribution < -0.4 is 5.01 Å². The minimum absolute atomic E-state index is 0.108. The molecule has 0 aromatic heterocycles. The van der Waals surface area contributed by atoms with E-state index in [1.165, 1.54) is 18.2 Å². The summed E-state index contributed by atoms with van der Waals surface area (Å²) in [5.74, 6) is -0.777. The van der Waals surface area contributed by atoms with Gasteiger partial charge < -0.3 is 0 Å². The van der Waals surface area contributed by atoms with Gasteiger partial charge in [-0.25, -0.2) is 5.01 Å². The van der Waals surface area contributed by atoms with Crippen LogP contribution in [-0.2, 0) is 4.79 Å². The van der Waals surface area contributed by atoms with Crippen molar-refractivity contribution in [3.63, 3.8) is 0 Å². The van der Waals surface area contributed by atoms with E-state index in [-0.39, 0.29) is 15.7 Å². The van der Waals surface area contributed by atoms with E-state index in [1.807, 2.05) is 0 Å². The first-order valence-corrected chi connectivity index (χ1v) is 5.46. The van der Waals surface area contributed by atoms with Gasteiger partial charge in [-0.1, -0.05) is 23.2 Å². The van der Waals surface area contributed by atoms with Gasteiger partial charge in [0.1, 0.15) is 0 Å². The second kappa shape index (κ2) is 4.44. The Labute approximate surface area is 110 Å². The van der Waals surface area contributed by atoms with Gasteiger partial charge in [-0.15, -0.1) is 0 Å². The Morgan fingerprint density at radius 2 is 1.72 bits per heavy atom. The molecule has 3 nitrogen and oxygen atoms in total. The van der Waals surface area contributed by atoms with Crippen molar-refractivity contribution in [3.05, 3.63) is 28.2 Å². The summed E-state index contributed by atoms with van der Waals surface area (Å²) in [6.07, 6.45) is -5.40. The monoisotopic (exact) mass is 296 g/mol. The van der Waals surface area contributed by atoms with Gasteiger partial charge >= 0.3 is 6.18 Å². The molecule has 0 fully saturated rings. The second-order valence-electron chi connectivity index (χ2n) is 3.55. The van der Waals surface area contributed by atoms with Gasteiger partial charge in [-0.3, -0.25) is 4.79 Å². The molecular weight excluding hydrogens is 292 g/mol. The molecule has 0 spiro atoms. The largest absolute Gasteiger partial charge is 0.431 e. The Balaban J connectivity index is 2.39. The fourth-order valence-corrected chi connectivity index (χ4v) is 1.96. The smallest absolute Gasteiger partial charge is 0.272 e. The van der Waals surface area contributed by atoms with Gasteiger partial charge in [-0.2, -0.15) is 18.3 Å². The highest BCUT2D eigenvalue weighted by molar-refractivity contribution is 6.35. The highest BCUT2D eigenvalue weighted by atomic mass is 35.5. The van der Waals surface area contributed by atoms with Crippen LogP contribution in [0.25, 0.3) is 0 Å². The number of carbonyl (C=O) groups excluding carboxylic acids is 1. The van der Waals surface area contributed by atoms with Crippen LogP contribution in [0.5, 0.6) is 0 Å². The van der Waals surface area contributed by atoms with Crippen molar-refractivity contribution in [2.45, 2.75) is 12.6 Å². The van der Waals surface area contributed by atoms with Crippen LogP contribution in [0.15, 0.2) is 23.3 Å². The quantitative estimate of drug-likeness (QED) is 0.778. The first-order valence-electron chi connectivity index (χ1n) is 4.71. The van der Waals surface area contributed by atoms with Crippen LogP contribution >= 0.6 is 23.2 Å². The van der Waals surface area contributed by atoms with Crippen molar-refractivity contribution in [1.29, 1.82) is 0 Å². The number of hydrogen-bond donors (Lipinski definition) is 0. The molecule has 0 unspecified atom stereocenters. The van der Waals surface area contributed by atoms with Gasteiger partial charge in [0.15, 0.2) is 5.71 Å². The van der Waals surface area contributed by atoms with Crippen molar-refractivity contribution < 1.29 is 18.0 Å². The molecule has 96 valence electrons. The molecule has 0 N–H and O–H groups in total. The summed E-state index contributed by atoms with van der Waals surface area (Å²) in [7, 11) is 0. The van der Waals surface area contributed by atoms with Crippen molar-refractivity contribution in [2.75, 3.05) is 5.01 Å². The molecule has 0 bridgehead atoms. The molecule has 8 heteroatoms. The van der Waals surface area contributed by atoms with E-state index in [1.54, 1.807) is 0 Å². The maximum Gasteiger partial charge on any atom is 0.431 e. The van der Waals surface area contributed by atoms with E-state index in [2.05, 4.69) is 5.10 Å². The Kier molecular flexibility index (Phi) is 3.25. The van der Waals surface area contributed by atoms with Gasteiger partial charge in [-0.05, 0) is 18.2 Å². The van der Waals surface area contributed by atoms with Gasteiger partial charge in [0.05, 0.1) is 12.1 Å². The van der Waals surface area contributed by atoms with Gasteiger partial charge in [0.25, 0.3) is 5.91 Å². The Bertz CT molecular complexity index is 522. The van der Waals surface area contributed by atoms with Crippen LogP contribution in [0.3, 0.4) is 0 Å². The number of amides is 1. The van der Waals surface area contributed by atoms with E-state index >= 15 is 0 Å². The molecule has 0 atom stereocenters. The minimum atomic E-state index is -4.62. The molecule has 0 saturated heterocycles. The van der Waals surface area contributed by atoms with Crippen molar-refractivity contribution >= 4 is 40.5 Å². The van der Waals surface area contributed by atoms with Gasteiger partial charge in [0, 0.05) is 10.0 Å². The summed E-state index contributed by atoms with van der Waals surface area (Å²) in [6, 6.07) is 4.03. The molecule has 1 aliphatic heterocycles. The molecule has 0 aliphatic carbocycles. The zero-order valence-corrected chi connectivity index (χ0v) is 10.1.